The number of aliphatic carboxylic acids is 1. The lowest BCUT2D eigenvalue weighted by molar-refractivity contribution is -0.139. The molecule has 3 N–H and O–H groups in total. The van der Waals surface area contributed by atoms with Crippen molar-refractivity contribution in [3.05, 3.63) is 30.3 Å². The van der Waals surface area contributed by atoms with Crippen LogP contribution in [0.25, 0.3) is 0 Å². The van der Waals surface area contributed by atoms with Gasteiger partial charge in [-0.25, -0.2) is 0 Å². The number of nitrogens with two attached hydrogens (primary N) is 1. The zero-order valence-electron chi connectivity index (χ0n) is 10.3. The number of anilines is 1. The minimum absolute atomic E-state index is 0.429. The molecule has 0 amide bonds. The van der Waals surface area contributed by atoms with E-state index in [1.54, 1.807) is 0 Å². The number of nitrogens with zero attached hydrogens (tertiary/aromatic N) is 2. The molecular weight excluding hydrogens is 230 g/mol. The summed E-state index contributed by atoms with van der Waals surface area (Å²) in [5.74, 6) is -0.930. The van der Waals surface area contributed by atoms with Crippen LogP contribution in [0.2, 0.25) is 0 Å². The van der Waals surface area contributed by atoms with Gasteiger partial charge in [-0.2, -0.15) is 0 Å². The molecule has 18 heavy (non-hydrogen) atoms. The Hall–Kier alpha value is -1.59. The van der Waals surface area contributed by atoms with Crippen molar-refractivity contribution in [3.63, 3.8) is 0 Å². The van der Waals surface area contributed by atoms with Crippen molar-refractivity contribution in [2.75, 3.05) is 37.6 Å². The third kappa shape index (κ3) is 3.21. The number of piperazine rings is 1. The van der Waals surface area contributed by atoms with E-state index in [1.807, 2.05) is 18.2 Å². The average molecular weight is 249 g/mol. The van der Waals surface area contributed by atoms with Gasteiger partial charge in [0.15, 0.2) is 0 Å². The first kappa shape index (κ1) is 12.9. The first-order valence-electron chi connectivity index (χ1n) is 6.17. The highest BCUT2D eigenvalue weighted by molar-refractivity contribution is 5.73. The summed E-state index contributed by atoms with van der Waals surface area (Å²) in [7, 11) is 0. The van der Waals surface area contributed by atoms with E-state index < -0.39 is 12.0 Å². The van der Waals surface area contributed by atoms with Crippen LogP contribution in [-0.4, -0.2) is 54.7 Å². The lowest BCUT2D eigenvalue weighted by Gasteiger charge is -2.36. The first-order chi connectivity index (χ1) is 8.66. The van der Waals surface area contributed by atoms with Gasteiger partial charge >= 0.3 is 5.97 Å². The molecule has 1 fully saturated rings. The van der Waals surface area contributed by atoms with Gasteiger partial charge < -0.3 is 15.7 Å². The van der Waals surface area contributed by atoms with Gasteiger partial charge in [0, 0.05) is 38.4 Å². The Kier molecular flexibility index (Phi) is 4.17. The van der Waals surface area contributed by atoms with Gasteiger partial charge in [-0.1, -0.05) is 18.2 Å². The number of hydrogen-bond acceptors (Lipinski definition) is 4. The Morgan fingerprint density at radius 3 is 2.39 bits per heavy atom. The summed E-state index contributed by atoms with van der Waals surface area (Å²) in [6.45, 7) is 3.97. The lowest BCUT2D eigenvalue weighted by atomic mass is 10.2. The largest absolute Gasteiger partial charge is 0.480 e. The SMILES string of the molecule is NC(CN1CCN(c2ccccc2)CC1)C(=O)O. The Bertz CT molecular complexity index is 388. The normalized spacial score (nSPS) is 18.6. The fourth-order valence-corrected chi connectivity index (χ4v) is 2.18. The average Bonchev–Trinajstić information content (AvgIpc) is 2.40. The molecule has 0 saturated carbocycles. The molecule has 1 atom stereocenters. The summed E-state index contributed by atoms with van der Waals surface area (Å²) in [6, 6.07) is 9.47. The number of hydrogen-bond donors (Lipinski definition) is 2. The van der Waals surface area contributed by atoms with Crippen LogP contribution in [0.1, 0.15) is 0 Å². The quantitative estimate of drug-likeness (QED) is 0.799. The van der Waals surface area contributed by atoms with Crippen LogP contribution in [0.5, 0.6) is 0 Å². The predicted octanol–water partition coefficient (Wildman–Crippen LogP) is 0.220. The van der Waals surface area contributed by atoms with Crippen LogP contribution < -0.4 is 10.6 Å². The topological polar surface area (TPSA) is 69.8 Å². The van der Waals surface area contributed by atoms with Gasteiger partial charge in [0.25, 0.3) is 0 Å². The van der Waals surface area contributed by atoms with Crippen LogP contribution in [0.15, 0.2) is 30.3 Å². The molecule has 2 rings (SSSR count). The molecule has 0 bridgehead atoms. The molecule has 0 aliphatic carbocycles. The van der Waals surface area contributed by atoms with Gasteiger partial charge in [0.05, 0.1) is 0 Å². The molecular formula is C13H19N3O2. The zero-order chi connectivity index (χ0) is 13.0. The molecule has 0 aromatic heterocycles. The standard InChI is InChI=1S/C13H19N3O2/c14-12(13(17)18)10-15-6-8-16(9-7-15)11-4-2-1-3-5-11/h1-5,12H,6-10,14H2,(H,17,18). The maximum Gasteiger partial charge on any atom is 0.321 e. The summed E-state index contributed by atoms with van der Waals surface area (Å²) in [4.78, 5) is 15.1. The van der Waals surface area contributed by atoms with E-state index in [0.717, 1.165) is 26.2 Å². The van der Waals surface area contributed by atoms with Crippen molar-refractivity contribution in [2.24, 2.45) is 5.73 Å². The van der Waals surface area contributed by atoms with Crippen molar-refractivity contribution in [2.45, 2.75) is 6.04 Å². The molecule has 5 nitrogen and oxygen atoms in total. The molecule has 1 aromatic carbocycles. The molecule has 1 aromatic rings. The van der Waals surface area contributed by atoms with Crippen LogP contribution in [0.4, 0.5) is 5.69 Å². The Labute approximate surface area is 107 Å². The van der Waals surface area contributed by atoms with Gasteiger partial charge in [0.1, 0.15) is 6.04 Å². The molecule has 1 saturated heterocycles. The summed E-state index contributed by atoms with van der Waals surface area (Å²) >= 11 is 0. The van der Waals surface area contributed by atoms with Crippen molar-refractivity contribution in [3.8, 4) is 0 Å². The Balaban J connectivity index is 1.83. The minimum atomic E-state index is -0.930. The van der Waals surface area contributed by atoms with Crippen molar-refractivity contribution in [1.82, 2.24) is 4.90 Å². The number of carboxylic acids is 1. The second-order valence-corrected chi connectivity index (χ2v) is 4.57. The summed E-state index contributed by atoms with van der Waals surface area (Å²) < 4.78 is 0. The van der Waals surface area contributed by atoms with Crippen molar-refractivity contribution in [1.29, 1.82) is 0 Å². The number of para-hydroxylation sites is 1. The molecule has 1 aliphatic heterocycles. The molecule has 1 aliphatic rings. The third-order valence-electron chi connectivity index (χ3n) is 3.27. The highest BCUT2D eigenvalue weighted by atomic mass is 16.4. The van der Waals surface area contributed by atoms with Gasteiger partial charge in [-0.05, 0) is 12.1 Å². The van der Waals surface area contributed by atoms with E-state index in [-0.39, 0.29) is 0 Å². The maximum atomic E-state index is 10.7. The molecule has 5 heteroatoms. The van der Waals surface area contributed by atoms with Crippen LogP contribution in [-0.2, 0) is 4.79 Å². The van der Waals surface area contributed by atoms with Crippen LogP contribution >= 0.6 is 0 Å². The smallest absolute Gasteiger partial charge is 0.321 e. The first-order valence-corrected chi connectivity index (χ1v) is 6.17. The van der Waals surface area contributed by atoms with E-state index in [0.29, 0.717) is 6.54 Å². The van der Waals surface area contributed by atoms with E-state index in [1.165, 1.54) is 5.69 Å². The highest BCUT2D eigenvalue weighted by Gasteiger charge is 2.21. The monoisotopic (exact) mass is 249 g/mol. The zero-order valence-corrected chi connectivity index (χ0v) is 10.3. The molecule has 1 unspecified atom stereocenters. The Morgan fingerprint density at radius 1 is 1.22 bits per heavy atom. The number of carbonyl (C=O) groups is 1. The second kappa shape index (κ2) is 5.84. The predicted molar refractivity (Wildman–Crippen MR) is 70.7 cm³/mol. The fourth-order valence-electron chi connectivity index (χ4n) is 2.18. The summed E-state index contributed by atoms with van der Waals surface area (Å²) in [6.07, 6.45) is 0. The number of carboxylic acid groups (broad SMARTS) is 1. The number of rotatable bonds is 4. The van der Waals surface area contributed by atoms with Crippen molar-refractivity contribution >= 4 is 11.7 Å². The summed E-state index contributed by atoms with van der Waals surface area (Å²) in [5.41, 5.74) is 6.76. The number of benzene rings is 1. The van der Waals surface area contributed by atoms with E-state index in [2.05, 4.69) is 21.9 Å². The minimum Gasteiger partial charge on any atom is -0.480 e. The lowest BCUT2D eigenvalue weighted by Crippen LogP contribution is -2.51. The summed E-state index contributed by atoms with van der Waals surface area (Å²) in [5, 5.41) is 8.78. The molecule has 1 heterocycles. The van der Waals surface area contributed by atoms with Crippen LogP contribution in [0, 0.1) is 0 Å². The van der Waals surface area contributed by atoms with E-state index in [9.17, 15) is 4.79 Å². The van der Waals surface area contributed by atoms with Crippen molar-refractivity contribution < 1.29 is 9.90 Å². The van der Waals surface area contributed by atoms with E-state index >= 15 is 0 Å². The Morgan fingerprint density at radius 2 is 1.83 bits per heavy atom. The second-order valence-electron chi connectivity index (χ2n) is 4.57. The van der Waals surface area contributed by atoms with Gasteiger partial charge in [-0.15, -0.1) is 0 Å². The third-order valence-corrected chi connectivity index (χ3v) is 3.27. The van der Waals surface area contributed by atoms with Crippen LogP contribution in [0.3, 0.4) is 0 Å². The molecule has 98 valence electrons. The fraction of sp³-hybridized carbons (Fsp3) is 0.462. The molecule has 0 radical (unpaired) electrons. The molecule has 0 spiro atoms. The maximum absolute atomic E-state index is 10.7. The van der Waals surface area contributed by atoms with E-state index in [4.69, 9.17) is 10.8 Å². The highest BCUT2D eigenvalue weighted by Crippen LogP contribution is 2.15. The van der Waals surface area contributed by atoms with Gasteiger partial charge in [-0.3, -0.25) is 9.69 Å². The van der Waals surface area contributed by atoms with Gasteiger partial charge in [0.2, 0.25) is 0 Å².